The lowest BCUT2D eigenvalue weighted by Crippen LogP contribution is -2.36. The lowest BCUT2D eigenvalue weighted by Gasteiger charge is -2.31. The van der Waals surface area contributed by atoms with Gasteiger partial charge in [0.1, 0.15) is 0 Å². The van der Waals surface area contributed by atoms with Crippen LogP contribution in [0.3, 0.4) is 0 Å². The highest BCUT2D eigenvalue weighted by Crippen LogP contribution is 2.23. The highest BCUT2D eigenvalue weighted by atomic mass is 16.5. The number of aryl methyl sites for hydroxylation is 2. The van der Waals surface area contributed by atoms with Gasteiger partial charge in [0.2, 0.25) is 0 Å². The van der Waals surface area contributed by atoms with Crippen LogP contribution < -0.4 is 5.73 Å². The molecule has 0 saturated heterocycles. The summed E-state index contributed by atoms with van der Waals surface area (Å²) in [5, 5.41) is 0. The first kappa shape index (κ1) is 16.2. The van der Waals surface area contributed by atoms with Crippen molar-refractivity contribution in [2.45, 2.75) is 33.7 Å². The minimum Gasteiger partial charge on any atom is -0.380 e. The molecule has 3 heteroatoms. The minimum atomic E-state index is 0.283. The number of hydrogen-bond acceptors (Lipinski definition) is 3. The molecule has 19 heavy (non-hydrogen) atoms. The van der Waals surface area contributed by atoms with E-state index in [2.05, 4.69) is 43.9 Å². The Hall–Kier alpha value is -0.900. The number of ether oxygens (including phenoxy) is 1. The van der Waals surface area contributed by atoms with Crippen molar-refractivity contribution in [3.63, 3.8) is 0 Å². The first-order chi connectivity index (χ1) is 9.13. The number of likely N-dealkylation sites (N-methyl/N-ethyl adjacent to an activating group) is 1. The summed E-state index contributed by atoms with van der Waals surface area (Å²) in [6.45, 7) is 12.6. The van der Waals surface area contributed by atoms with Gasteiger partial charge < -0.3 is 10.5 Å². The van der Waals surface area contributed by atoms with Crippen LogP contribution in [0.5, 0.6) is 0 Å². The molecule has 0 heterocycles. The van der Waals surface area contributed by atoms with Gasteiger partial charge >= 0.3 is 0 Å². The maximum atomic E-state index is 6.02. The summed E-state index contributed by atoms with van der Waals surface area (Å²) in [5.74, 6) is 0. The van der Waals surface area contributed by atoms with Crippen LogP contribution in [0.1, 0.15) is 36.6 Å². The zero-order valence-corrected chi connectivity index (χ0v) is 12.8. The Balaban J connectivity index is 2.86. The van der Waals surface area contributed by atoms with Crippen molar-refractivity contribution in [1.29, 1.82) is 0 Å². The Morgan fingerprint density at radius 3 is 2.58 bits per heavy atom. The number of nitrogens with two attached hydrogens (primary N) is 1. The summed E-state index contributed by atoms with van der Waals surface area (Å²) in [4.78, 5) is 2.40. The fraction of sp³-hybridized carbons (Fsp3) is 0.625. The molecule has 1 aromatic carbocycles. The topological polar surface area (TPSA) is 38.5 Å². The average molecular weight is 264 g/mol. The van der Waals surface area contributed by atoms with E-state index in [0.29, 0.717) is 6.54 Å². The van der Waals surface area contributed by atoms with Crippen LogP contribution in [0, 0.1) is 13.8 Å². The van der Waals surface area contributed by atoms with Crippen molar-refractivity contribution < 1.29 is 4.74 Å². The molecule has 0 radical (unpaired) electrons. The van der Waals surface area contributed by atoms with Crippen LogP contribution in [0.25, 0.3) is 0 Å². The van der Waals surface area contributed by atoms with Crippen LogP contribution in [-0.4, -0.2) is 37.7 Å². The molecule has 0 saturated carbocycles. The Labute approximate surface area is 117 Å². The molecule has 1 rings (SSSR count). The maximum absolute atomic E-state index is 6.02. The number of benzene rings is 1. The maximum Gasteiger partial charge on any atom is 0.0593 e. The lowest BCUT2D eigenvalue weighted by atomic mass is 9.97. The van der Waals surface area contributed by atoms with E-state index >= 15 is 0 Å². The first-order valence-electron chi connectivity index (χ1n) is 7.23. The molecule has 1 unspecified atom stereocenters. The fourth-order valence-electron chi connectivity index (χ4n) is 2.45. The first-order valence-corrected chi connectivity index (χ1v) is 7.23. The van der Waals surface area contributed by atoms with Crippen LogP contribution >= 0.6 is 0 Å². The molecule has 2 N–H and O–H groups in total. The number of rotatable bonds is 8. The van der Waals surface area contributed by atoms with E-state index in [-0.39, 0.29) is 6.04 Å². The molecular formula is C16H28N2O. The quantitative estimate of drug-likeness (QED) is 0.734. The molecule has 108 valence electrons. The average Bonchev–Trinajstić information content (AvgIpc) is 2.41. The molecule has 0 aliphatic heterocycles. The Morgan fingerprint density at radius 1 is 1.26 bits per heavy atom. The third kappa shape index (κ3) is 4.60. The van der Waals surface area contributed by atoms with E-state index in [1.807, 2.05) is 6.92 Å². The molecule has 0 bridgehead atoms. The van der Waals surface area contributed by atoms with Crippen LogP contribution in [-0.2, 0) is 4.74 Å². The highest BCUT2D eigenvalue weighted by Gasteiger charge is 2.19. The number of nitrogens with zero attached hydrogens (tertiary/aromatic N) is 1. The van der Waals surface area contributed by atoms with Crippen molar-refractivity contribution in [2.24, 2.45) is 5.73 Å². The zero-order chi connectivity index (χ0) is 14.3. The third-order valence-corrected chi connectivity index (χ3v) is 3.59. The largest absolute Gasteiger partial charge is 0.380 e. The summed E-state index contributed by atoms with van der Waals surface area (Å²) in [6.07, 6.45) is 0. The third-order valence-electron chi connectivity index (χ3n) is 3.59. The summed E-state index contributed by atoms with van der Waals surface area (Å²) < 4.78 is 5.47. The number of hydrogen-bond donors (Lipinski definition) is 1. The van der Waals surface area contributed by atoms with Crippen LogP contribution in [0.15, 0.2) is 18.2 Å². The Kier molecular flexibility index (Phi) is 7.06. The molecule has 0 aliphatic rings. The summed E-state index contributed by atoms with van der Waals surface area (Å²) in [7, 11) is 0. The van der Waals surface area contributed by atoms with E-state index in [1.165, 1.54) is 16.7 Å². The summed E-state index contributed by atoms with van der Waals surface area (Å²) in [5.41, 5.74) is 9.98. The van der Waals surface area contributed by atoms with Gasteiger partial charge in [-0.15, -0.1) is 0 Å². The standard InChI is InChI=1S/C16H28N2O/c1-5-18(9-10-19-6-2)16(12-17)15-11-13(3)7-8-14(15)4/h7-8,11,16H,5-6,9-10,12,17H2,1-4H3. The highest BCUT2D eigenvalue weighted by molar-refractivity contribution is 5.33. The van der Waals surface area contributed by atoms with Gasteiger partial charge in [-0.05, 0) is 38.4 Å². The monoisotopic (exact) mass is 264 g/mol. The molecule has 3 nitrogen and oxygen atoms in total. The van der Waals surface area contributed by atoms with E-state index in [0.717, 1.165) is 26.3 Å². The van der Waals surface area contributed by atoms with Crippen molar-refractivity contribution in [3.8, 4) is 0 Å². The summed E-state index contributed by atoms with van der Waals surface area (Å²) in [6, 6.07) is 6.88. The second-order valence-electron chi connectivity index (χ2n) is 4.94. The fourth-order valence-corrected chi connectivity index (χ4v) is 2.45. The summed E-state index contributed by atoms with van der Waals surface area (Å²) >= 11 is 0. The van der Waals surface area contributed by atoms with Gasteiger partial charge in [-0.2, -0.15) is 0 Å². The van der Waals surface area contributed by atoms with Gasteiger partial charge in [0.05, 0.1) is 6.61 Å². The molecule has 0 aromatic heterocycles. The molecule has 0 fully saturated rings. The molecule has 1 aromatic rings. The van der Waals surface area contributed by atoms with E-state index in [4.69, 9.17) is 10.5 Å². The van der Waals surface area contributed by atoms with Gasteiger partial charge in [-0.25, -0.2) is 0 Å². The second kappa shape index (κ2) is 8.31. The molecule has 0 aliphatic carbocycles. The van der Waals surface area contributed by atoms with E-state index in [9.17, 15) is 0 Å². The molecule has 0 amide bonds. The smallest absolute Gasteiger partial charge is 0.0593 e. The van der Waals surface area contributed by atoms with E-state index < -0.39 is 0 Å². The van der Waals surface area contributed by atoms with E-state index in [1.54, 1.807) is 0 Å². The lowest BCUT2D eigenvalue weighted by molar-refractivity contribution is 0.0979. The van der Waals surface area contributed by atoms with Gasteiger partial charge in [-0.1, -0.05) is 30.7 Å². The molecule has 1 atom stereocenters. The zero-order valence-electron chi connectivity index (χ0n) is 12.8. The van der Waals surface area contributed by atoms with Crippen molar-refractivity contribution in [3.05, 3.63) is 34.9 Å². The predicted molar refractivity (Wildman–Crippen MR) is 81.5 cm³/mol. The van der Waals surface area contributed by atoms with Gasteiger partial charge in [0, 0.05) is 25.7 Å². The predicted octanol–water partition coefficient (Wildman–Crippen LogP) is 2.66. The Morgan fingerprint density at radius 2 is 2.00 bits per heavy atom. The van der Waals surface area contributed by atoms with Crippen LogP contribution in [0.2, 0.25) is 0 Å². The normalized spacial score (nSPS) is 12.9. The SMILES string of the molecule is CCOCCN(CC)C(CN)c1cc(C)ccc1C. The van der Waals surface area contributed by atoms with Crippen LogP contribution in [0.4, 0.5) is 0 Å². The second-order valence-corrected chi connectivity index (χ2v) is 4.94. The van der Waals surface area contributed by atoms with Gasteiger partial charge in [0.25, 0.3) is 0 Å². The molecular weight excluding hydrogens is 236 g/mol. The van der Waals surface area contributed by atoms with Crippen molar-refractivity contribution >= 4 is 0 Å². The Bertz CT molecular complexity index is 379. The van der Waals surface area contributed by atoms with Crippen molar-refractivity contribution in [1.82, 2.24) is 4.90 Å². The van der Waals surface area contributed by atoms with Crippen molar-refractivity contribution in [2.75, 3.05) is 32.8 Å². The van der Waals surface area contributed by atoms with Gasteiger partial charge in [-0.3, -0.25) is 4.90 Å². The minimum absolute atomic E-state index is 0.283. The molecule has 0 spiro atoms. The van der Waals surface area contributed by atoms with Gasteiger partial charge in [0.15, 0.2) is 0 Å².